The van der Waals surface area contributed by atoms with Crippen LogP contribution in [-0.4, -0.2) is 46.9 Å². The van der Waals surface area contributed by atoms with Crippen molar-refractivity contribution in [3.63, 3.8) is 0 Å². The number of aromatic carboxylic acids is 1. The minimum atomic E-state index is -5.15. The average Bonchev–Trinajstić information content (AvgIpc) is 3.14. The standard InChI is InChI=1S/C24H18F3N3O5/c25-24(26,27)20(21(31)29-14-9-13(22(32)33)10-28-11-14)30-23(34)35-12-19-17-7-3-1-5-15(17)16-6-2-4-8-18(16)19/h1-11,19-20H,12H2,(H,29,31)(H,30,34)(H,32,33). The zero-order chi connectivity index (χ0) is 25.2. The lowest BCUT2D eigenvalue weighted by molar-refractivity contribution is -0.164. The molecule has 1 aliphatic carbocycles. The molecule has 1 aliphatic rings. The highest BCUT2D eigenvalue weighted by Crippen LogP contribution is 2.44. The fraction of sp³-hybridized carbons (Fsp3) is 0.167. The second kappa shape index (κ2) is 9.45. The van der Waals surface area contributed by atoms with Gasteiger partial charge in [-0.2, -0.15) is 13.2 Å². The van der Waals surface area contributed by atoms with Gasteiger partial charge in [-0.15, -0.1) is 0 Å². The molecule has 0 radical (unpaired) electrons. The van der Waals surface area contributed by atoms with E-state index in [0.29, 0.717) is 0 Å². The summed E-state index contributed by atoms with van der Waals surface area (Å²) in [7, 11) is 0. The van der Waals surface area contributed by atoms with Gasteiger partial charge in [-0.3, -0.25) is 9.78 Å². The van der Waals surface area contributed by atoms with Crippen molar-refractivity contribution in [3.8, 4) is 11.1 Å². The van der Waals surface area contributed by atoms with E-state index in [1.165, 1.54) is 0 Å². The van der Waals surface area contributed by atoms with Crippen LogP contribution < -0.4 is 10.6 Å². The number of amides is 2. The third-order valence-electron chi connectivity index (χ3n) is 5.45. The summed E-state index contributed by atoms with van der Waals surface area (Å²) in [6.45, 7) is -0.239. The van der Waals surface area contributed by atoms with Gasteiger partial charge in [0.1, 0.15) is 6.61 Å². The lowest BCUT2D eigenvalue weighted by atomic mass is 9.98. The summed E-state index contributed by atoms with van der Waals surface area (Å²) in [5.41, 5.74) is 3.02. The number of rotatable bonds is 6. The molecule has 3 N–H and O–H groups in total. The predicted molar refractivity (Wildman–Crippen MR) is 118 cm³/mol. The minimum Gasteiger partial charge on any atom is -0.478 e. The fourth-order valence-corrected chi connectivity index (χ4v) is 3.89. The summed E-state index contributed by atoms with van der Waals surface area (Å²) in [5, 5.41) is 12.4. The Bertz CT molecular complexity index is 1250. The molecule has 8 nitrogen and oxygen atoms in total. The van der Waals surface area contributed by atoms with Crippen molar-refractivity contribution in [2.75, 3.05) is 11.9 Å². The number of benzene rings is 2. The number of hydrogen-bond donors (Lipinski definition) is 3. The van der Waals surface area contributed by atoms with Crippen LogP contribution in [0.5, 0.6) is 0 Å². The smallest absolute Gasteiger partial charge is 0.417 e. The summed E-state index contributed by atoms with van der Waals surface area (Å²) in [6, 6.07) is 12.9. The summed E-state index contributed by atoms with van der Waals surface area (Å²) >= 11 is 0. The number of carboxylic acids is 1. The van der Waals surface area contributed by atoms with Gasteiger partial charge in [0.2, 0.25) is 6.04 Å². The maximum Gasteiger partial charge on any atom is 0.417 e. The number of carboxylic acid groups (broad SMARTS) is 1. The Morgan fingerprint density at radius 3 is 2.17 bits per heavy atom. The van der Waals surface area contributed by atoms with Crippen LogP contribution in [0, 0.1) is 0 Å². The van der Waals surface area contributed by atoms with Gasteiger partial charge >= 0.3 is 18.2 Å². The third kappa shape index (κ3) is 5.08. The summed E-state index contributed by atoms with van der Waals surface area (Å²) in [5.74, 6) is -3.38. The summed E-state index contributed by atoms with van der Waals surface area (Å²) < 4.78 is 45.7. The Morgan fingerprint density at radius 1 is 1.00 bits per heavy atom. The predicted octanol–water partition coefficient (Wildman–Crippen LogP) is 4.19. The number of aromatic nitrogens is 1. The highest BCUT2D eigenvalue weighted by Gasteiger charge is 2.46. The second-order valence-corrected chi connectivity index (χ2v) is 7.70. The SMILES string of the molecule is O=C(NC(C(=O)Nc1cncc(C(=O)O)c1)C(F)(F)F)OCC1c2ccccc2-c2ccccc21. The van der Waals surface area contributed by atoms with Gasteiger partial charge < -0.3 is 20.5 Å². The number of halogens is 3. The van der Waals surface area contributed by atoms with Crippen molar-refractivity contribution < 1.29 is 37.4 Å². The average molecular weight is 485 g/mol. The van der Waals surface area contributed by atoms with Crippen LogP contribution in [0.3, 0.4) is 0 Å². The maximum atomic E-state index is 13.5. The van der Waals surface area contributed by atoms with Gasteiger partial charge in [-0.1, -0.05) is 48.5 Å². The van der Waals surface area contributed by atoms with Crippen molar-refractivity contribution >= 4 is 23.7 Å². The minimum absolute atomic E-state index is 0.239. The van der Waals surface area contributed by atoms with Crippen molar-refractivity contribution in [3.05, 3.63) is 83.7 Å². The first-order chi connectivity index (χ1) is 16.6. The number of hydrogen-bond acceptors (Lipinski definition) is 5. The summed E-state index contributed by atoms with van der Waals surface area (Å²) in [4.78, 5) is 39.1. The first-order valence-electron chi connectivity index (χ1n) is 10.3. The molecular weight excluding hydrogens is 467 g/mol. The largest absolute Gasteiger partial charge is 0.478 e. The monoisotopic (exact) mass is 485 g/mol. The van der Waals surface area contributed by atoms with E-state index in [4.69, 9.17) is 9.84 Å². The molecule has 180 valence electrons. The van der Waals surface area contributed by atoms with Crippen molar-refractivity contribution in [1.29, 1.82) is 0 Å². The first kappa shape index (κ1) is 23.7. The molecule has 0 saturated carbocycles. The quantitative estimate of drug-likeness (QED) is 0.482. The zero-order valence-electron chi connectivity index (χ0n) is 17.9. The molecule has 1 unspecified atom stereocenters. The molecule has 0 saturated heterocycles. The number of carbonyl (C=O) groups is 3. The fourth-order valence-electron chi connectivity index (χ4n) is 3.89. The summed E-state index contributed by atoms with van der Waals surface area (Å²) in [6.07, 6.45) is -4.63. The van der Waals surface area contributed by atoms with Crippen LogP contribution in [0.25, 0.3) is 11.1 Å². The Balaban J connectivity index is 1.45. The molecule has 35 heavy (non-hydrogen) atoms. The van der Waals surface area contributed by atoms with E-state index < -0.39 is 30.2 Å². The Kier molecular flexibility index (Phi) is 6.41. The lowest BCUT2D eigenvalue weighted by Gasteiger charge is -2.21. The van der Waals surface area contributed by atoms with E-state index in [1.54, 1.807) is 5.32 Å². The Hall–Kier alpha value is -4.41. The topological polar surface area (TPSA) is 118 Å². The molecule has 0 spiro atoms. The van der Waals surface area contributed by atoms with Gasteiger partial charge in [0.15, 0.2) is 0 Å². The highest BCUT2D eigenvalue weighted by atomic mass is 19.4. The number of nitrogens with zero attached hydrogens (tertiary/aromatic N) is 1. The van der Waals surface area contributed by atoms with E-state index >= 15 is 0 Å². The lowest BCUT2D eigenvalue weighted by Crippen LogP contribution is -2.53. The third-order valence-corrected chi connectivity index (χ3v) is 5.45. The first-order valence-corrected chi connectivity index (χ1v) is 10.3. The second-order valence-electron chi connectivity index (χ2n) is 7.70. The zero-order valence-corrected chi connectivity index (χ0v) is 17.9. The molecule has 4 rings (SSSR count). The van der Waals surface area contributed by atoms with Crippen LogP contribution in [0.1, 0.15) is 27.4 Å². The van der Waals surface area contributed by atoms with E-state index in [2.05, 4.69) is 4.98 Å². The molecule has 11 heteroatoms. The maximum absolute atomic E-state index is 13.5. The molecule has 0 fully saturated rings. The molecule has 1 atom stereocenters. The van der Waals surface area contributed by atoms with Crippen LogP contribution in [0.15, 0.2) is 67.0 Å². The van der Waals surface area contributed by atoms with Gasteiger partial charge in [-0.25, -0.2) is 9.59 Å². The Labute approximate surface area is 196 Å². The van der Waals surface area contributed by atoms with Crippen LogP contribution in [-0.2, 0) is 9.53 Å². The van der Waals surface area contributed by atoms with Gasteiger partial charge in [-0.05, 0) is 28.3 Å². The van der Waals surface area contributed by atoms with E-state index in [0.717, 1.165) is 40.7 Å². The van der Waals surface area contributed by atoms with Gasteiger partial charge in [0, 0.05) is 12.1 Å². The van der Waals surface area contributed by atoms with Crippen molar-refractivity contribution in [2.45, 2.75) is 18.1 Å². The van der Waals surface area contributed by atoms with E-state index in [9.17, 15) is 27.6 Å². The van der Waals surface area contributed by atoms with E-state index in [1.807, 2.05) is 53.8 Å². The molecular formula is C24H18F3N3O5. The number of fused-ring (bicyclic) bond motifs is 3. The molecule has 1 heterocycles. The molecule has 2 aromatic carbocycles. The van der Waals surface area contributed by atoms with Crippen LogP contribution >= 0.6 is 0 Å². The number of alkyl halides is 3. The Morgan fingerprint density at radius 2 is 1.60 bits per heavy atom. The molecule has 1 aromatic heterocycles. The van der Waals surface area contributed by atoms with E-state index in [-0.39, 0.29) is 23.8 Å². The number of carbonyl (C=O) groups excluding carboxylic acids is 2. The number of pyridine rings is 1. The molecule has 3 aromatic rings. The van der Waals surface area contributed by atoms with Gasteiger partial charge in [0.05, 0.1) is 17.4 Å². The number of ether oxygens (including phenoxy) is 1. The molecule has 2 amide bonds. The molecule has 0 bridgehead atoms. The van der Waals surface area contributed by atoms with Crippen molar-refractivity contribution in [1.82, 2.24) is 10.3 Å². The number of alkyl carbamates (subject to hydrolysis) is 1. The van der Waals surface area contributed by atoms with Gasteiger partial charge in [0.25, 0.3) is 5.91 Å². The highest BCUT2D eigenvalue weighted by molar-refractivity contribution is 5.98. The van der Waals surface area contributed by atoms with Crippen LogP contribution in [0.4, 0.5) is 23.7 Å². The van der Waals surface area contributed by atoms with Crippen LogP contribution in [0.2, 0.25) is 0 Å². The van der Waals surface area contributed by atoms with Crippen molar-refractivity contribution in [2.24, 2.45) is 0 Å². The normalized spacial score (nSPS) is 13.3. The number of nitrogens with one attached hydrogen (secondary N) is 2. The molecule has 0 aliphatic heterocycles. The number of anilines is 1.